The zero-order chi connectivity index (χ0) is 14.5. The molecule has 2 rings (SSSR count). The van der Waals surface area contributed by atoms with Crippen LogP contribution in [-0.4, -0.2) is 22.6 Å². The highest BCUT2D eigenvalue weighted by atomic mass is 15.0. The second-order valence-electron chi connectivity index (χ2n) is 5.83. The third-order valence-electron chi connectivity index (χ3n) is 3.32. The molecule has 108 valence electrons. The first-order chi connectivity index (χ1) is 9.58. The molecular formula is C17H25N3. The van der Waals surface area contributed by atoms with Gasteiger partial charge in [0.1, 0.15) is 5.82 Å². The monoisotopic (exact) mass is 271 g/mol. The van der Waals surface area contributed by atoms with Gasteiger partial charge in [0.2, 0.25) is 0 Å². The summed E-state index contributed by atoms with van der Waals surface area (Å²) in [6.45, 7) is 9.69. The van der Waals surface area contributed by atoms with E-state index in [9.17, 15) is 0 Å². The lowest BCUT2D eigenvalue weighted by molar-refractivity contribution is 0.584. The normalized spacial score (nSPS) is 11.5. The van der Waals surface area contributed by atoms with E-state index < -0.39 is 0 Å². The molecule has 3 heteroatoms. The molecule has 0 aliphatic heterocycles. The zero-order valence-electron chi connectivity index (χ0n) is 12.9. The van der Waals surface area contributed by atoms with E-state index in [0.717, 1.165) is 24.5 Å². The molecule has 0 saturated heterocycles. The molecule has 20 heavy (non-hydrogen) atoms. The van der Waals surface area contributed by atoms with Crippen molar-refractivity contribution in [2.45, 2.75) is 46.1 Å². The van der Waals surface area contributed by atoms with Crippen LogP contribution < -0.4 is 5.32 Å². The average Bonchev–Trinajstić information content (AvgIpc) is 2.84. The Bertz CT molecular complexity index is 526. The molecule has 0 amide bonds. The minimum absolute atomic E-state index is 0.449. The van der Waals surface area contributed by atoms with Gasteiger partial charge < -0.3 is 10.3 Å². The molecular weight excluding hydrogens is 246 g/mol. The Morgan fingerprint density at radius 3 is 2.40 bits per heavy atom. The summed E-state index contributed by atoms with van der Waals surface area (Å²) in [5.74, 6) is 1.52. The highest BCUT2D eigenvalue weighted by molar-refractivity contribution is 5.62. The highest BCUT2D eigenvalue weighted by Crippen LogP contribution is 2.27. The molecule has 0 bridgehead atoms. The van der Waals surface area contributed by atoms with Gasteiger partial charge in [0.05, 0.1) is 5.69 Å². The summed E-state index contributed by atoms with van der Waals surface area (Å²) in [6.07, 6.45) is 0.935. The van der Waals surface area contributed by atoms with E-state index in [4.69, 9.17) is 4.98 Å². The van der Waals surface area contributed by atoms with Crippen LogP contribution in [-0.2, 0) is 6.42 Å². The minimum Gasteiger partial charge on any atom is -0.345 e. The summed E-state index contributed by atoms with van der Waals surface area (Å²) in [6, 6.07) is 10.9. The topological polar surface area (TPSA) is 40.7 Å². The summed E-state index contributed by atoms with van der Waals surface area (Å²) < 4.78 is 0. The van der Waals surface area contributed by atoms with Crippen molar-refractivity contribution in [3.05, 3.63) is 41.9 Å². The van der Waals surface area contributed by atoms with Crippen LogP contribution in [0.4, 0.5) is 0 Å². The second-order valence-corrected chi connectivity index (χ2v) is 5.83. The third-order valence-corrected chi connectivity index (χ3v) is 3.32. The fourth-order valence-electron chi connectivity index (χ4n) is 2.27. The van der Waals surface area contributed by atoms with Gasteiger partial charge in [-0.3, -0.25) is 0 Å². The summed E-state index contributed by atoms with van der Waals surface area (Å²) >= 11 is 0. The highest BCUT2D eigenvalue weighted by Gasteiger charge is 2.14. The molecule has 0 aliphatic carbocycles. The predicted octanol–water partition coefficient (Wildman–Crippen LogP) is 3.74. The van der Waals surface area contributed by atoms with Gasteiger partial charge in [-0.25, -0.2) is 4.98 Å². The van der Waals surface area contributed by atoms with Crippen molar-refractivity contribution >= 4 is 0 Å². The quantitative estimate of drug-likeness (QED) is 0.840. The van der Waals surface area contributed by atoms with Gasteiger partial charge >= 0.3 is 0 Å². The van der Waals surface area contributed by atoms with Crippen molar-refractivity contribution in [1.29, 1.82) is 0 Å². The van der Waals surface area contributed by atoms with Gasteiger partial charge in [0, 0.05) is 30.3 Å². The lowest BCUT2D eigenvalue weighted by atomic mass is 10.0. The minimum atomic E-state index is 0.449. The molecule has 0 radical (unpaired) electrons. The van der Waals surface area contributed by atoms with E-state index in [-0.39, 0.29) is 0 Å². The van der Waals surface area contributed by atoms with Crippen molar-refractivity contribution < 1.29 is 0 Å². The zero-order valence-corrected chi connectivity index (χ0v) is 12.9. The predicted molar refractivity (Wildman–Crippen MR) is 85.0 cm³/mol. The smallest absolute Gasteiger partial charge is 0.108 e. The Hall–Kier alpha value is -1.61. The van der Waals surface area contributed by atoms with Crippen LogP contribution >= 0.6 is 0 Å². The molecule has 1 aromatic carbocycles. The van der Waals surface area contributed by atoms with E-state index >= 15 is 0 Å². The lowest BCUT2D eigenvalue weighted by Crippen LogP contribution is -2.25. The Morgan fingerprint density at radius 2 is 1.80 bits per heavy atom. The first kappa shape index (κ1) is 14.8. The van der Waals surface area contributed by atoms with Crippen LogP contribution in [0.5, 0.6) is 0 Å². The molecule has 0 unspecified atom stereocenters. The van der Waals surface area contributed by atoms with Crippen molar-refractivity contribution in [3.63, 3.8) is 0 Å². The van der Waals surface area contributed by atoms with E-state index in [1.807, 2.05) is 6.07 Å². The Labute approximate surface area is 121 Å². The Balaban J connectivity index is 2.21. The number of hydrogen-bond acceptors (Lipinski definition) is 2. The maximum atomic E-state index is 4.80. The lowest BCUT2D eigenvalue weighted by Gasteiger charge is -2.06. The molecule has 0 atom stereocenters. The maximum Gasteiger partial charge on any atom is 0.108 e. The van der Waals surface area contributed by atoms with Crippen molar-refractivity contribution in [2.75, 3.05) is 6.54 Å². The molecule has 2 aromatic rings. The van der Waals surface area contributed by atoms with Crippen LogP contribution in [0.1, 0.15) is 45.1 Å². The van der Waals surface area contributed by atoms with Gasteiger partial charge in [0.15, 0.2) is 0 Å². The molecule has 0 saturated carbocycles. The van der Waals surface area contributed by atoms with Gasteiger partial charge in [0.25, 0.3) is 0 Å². The van der Waals surface area contributed by atoms with Crippen LogP contribution in [0.15, 0.2) is 30.3 Å². The Morgan fingerprint density at radius 1 is 1.10 bits per heavy atom. The van der Waals surface area contributed by atoms with Crippen LogP contribution in [0.3, 0.4) is 0 Å². The number of benzene rings is 1. The van der Waals surface area contributed by atoms with Crippen molar-refractivity contribution in [2.24, 2.45) is 0 Å². The second kappa shape index (κ2) is 6.71. The van der Waals surface area contributed by atoms with E-state index in [2.05, 4.69) is 62.3 Å². The molecule has 0 spiro atoms. The van der Waals surface area contributed by atoms with Gasteiger partial charge in [-0.05, 0) is 5.92 Å². The van der Waals surface area contributed by atoms with Crippen LogP contribution in [0.25, 0.3) is 11.3 Å². The average molecular weight is 271 g/mol. The van der Waals surface area contributed by atoms with Crippen LogP contribution in [0, 0.1) is 0 Å². The first-order valence-electron chi connectivity index (χ1n) is 7.45. The molecule has 3 nitrogen and oxygen atoms in total. The summed E-state index contributed by atoms with van der Waals surface area (Å²) in [7, 11) is 0. The molecule has 1 aromatic heterocycles. The summed E-state index contributed by atoms with van der Waals surface area (Å²) in [4.78, 5) is 8.31. The standard InChI is InChI=1S/C17H25N3/c1-12(2)16-17(14-8-6-5-7-9-14)20-15(19-16)10-11-18-13(3)4/h5-9,12-13,18H,10-11H2,1-4H3,(H,19,20). The Kier molecular flexibility index (Phi) is 4.96. The van der Waals surface area contributed by atoms with E-state index in [1.54, 1.807) is 0 Å². The molecule has 0 fully saturated rings. The van der Waals surface area contributed by atoms with Gasteiger partial charge in [-0.15, -0.1) is 0 Å². The summed E-state index contributed by atoms with van der Waals surface area (Å²) in [5.41, 5.74) is 3.52. The number of nitrogens with zero attached hydrogens (tertiary/aromatic N) is 1. The van der Waals surface area contributed by atoms with Gasteiger partial charge in [-0.2, -0.15) is 0 Å². The maximum absolute atomic E-state index is 4.80. The number of rotatable bonds is 6. The molecule has 1 heterocycles. The van der Waals surface area contributed by atoms with Crippen LogP contribution in [0.2, 0.25) is 0 Å². The fraction of sp³-hybridized carbons (Fsp3) is 0.471. The largest absolute Gasteiger partial charge is 0.345 e. The number of hydrogen-bond donors (Lipinski definition) is 2. The van der Waals surface area contributed by atoms with Crippen molar-refractivity contribution in [3.8, 4) is 11.3 Å². The molecule has 0 aliphatic rings. The number of imidazole rings is 1. The number of aromatic nitrogens is 2. The number of aromatic amines is 1. The van der Waals surface area contributed by atoms with E-state index in [1.165, 1.54) is 11.3 Å². The molecule has 2 N–H and O–H groups in total. The first-order valence-corrected chi connectivity index (χ1v) is 7.45. The third kappa shape index (κ3) is 3.70. The number of nitrogens with one attached hydrogen (secondary N) is 2. The SMILES string of the molecule is CC(C)NCCc1nc(-c2ccccc2)c(C(C)C)[nH]1. The summed E-state index contributed by atoms with van der Waals surface area (Å²) in [5, 5.41) is 3.43. The number of H-pyrrole nitrogens is 1. The van der Waals surface area contributed by atoms with Crippen molar-refractivity contribution in [1.82, 2.24) is 15.3 Å². The fourth-order valence-corrected chi connectivity index (χ4v) is 2.27. The van der Waals surface area contributed by atoms with Gasteiger partial charge in [-0.1, -0.05) is 58.0 Å². The van der Waals surface area contributed by atoms with E-state index in [0.29, 0.717) is 12.0 Å².